The highest BCUT2D eigenvalue weighted by atomic mass is 16.1. The maximum absolute atomic E-state index is 11.7. The van der Waals surface area contributed by atoms with E-state index in [9.17, 15) is 4.79 Å². The summed E-state index contributed by atoms with van der Waals surface area (Å²) in [6.07, 6.45) is 2.11. The van der Waals surface area contributed by atoms with Crippen molar-refractivity contribution in [3.8, 4) is 0 Å². The molecule has 1 atom stereocenters. The molecule has 1 rings (SSSR count). The van der Waals surface area contributed by atoms with Crippen LogP contribution in [0, 0.1) is 13.8 Å². The van der Waals surface area contributed by atoms with Crippen LogP contribution < -0.4 is 10.6 Å². The minimum Gasteiger partial charge on any atom is -0.353 e. The Morgan fingerprint density at radius 2 is 2.11 bits per heavy atom. The van der Waals surface area contributed by atoms with Gasteiger partial charge in [-0.2, -0.15) is 5.10 Å². The topological polar surface area (TPSA) is 59.0 Å². The molecule has 0 aliphatic carbocycles. The van der Waals surface area contributed by atoms with Crippen molar-refractivity contribution < 1.29 is 4.79 Å². The Balaban J connectivity index is 2.36. The third-order valence-electron chi connectivity index (χ3n) is 3.38. The smallest absolute Gasteiger partial charge is 0.234 e. The zero-order chi connectivity index (χ0) is 14.4. The average Bonchev–Trinajstić information content (AvgIpc) is 2.55. The molecule has 0 bridgehead atoms. The number of aromatic nitrogens is 2. The number of carbonyl (C=O) groups is 1. The molecule has 0 aliphatic rings. The summed E-state index contributed by atoms with van der Waals surface area (Å²) in [5.74, 6) is 0.0557. The number of hydrogen-bond donors (Lipinski definition) is 2. The summed E-state index contributed by atoms with van der Waals surface area (Å²) in [5, 5.41) is 10.5. The van der Waals surface area contributed by atoms with Crippen molar-refractivity contribution in [1.29, 1.82) is 0 Å². The summed E-state index contributed by atoms with van der Waals surface area (Å²) >= 11 is 0. The average molecular weight is 266 g/mol. The molecule has 5 heteroatoms. The van der Waals surface area contributed by atoms with Crippen molar-refractivity contribution in [2.45, 2.75) is 53.1 Å². The summed E-state index contributed by atoms with van der Waals surface area (Å²) in [6, 6.07) is 0.251. The van der Waals surface area contributed by atoms with Crippen molar-refractivity contribution in [1.82, 2.24) is 20.4 Å². The first kappa shape index (κ1) is 15.7. The second-order valence-corrected chi connectivity index (χ2v) is 5.13. The Hall–Kier alpha value is -1.36. The zero-order valence-corrected chi connectivity index (χ0v) is 12.7. The molecular formula is C14H26N4O. The van der Waals surface area contributed by atoms with Gasteiger partial charge in [0.1, 0.15) is 0 Å². The Labute approximate surface area is 115 Å². The lowest BCUT2D eigenvalue weighted by molar-refractivity contribution is -0.120. The maximum Gasteiger partial charge on any atom is 0.234 e. The monoisotopic (exact) mass is 266 g/mol. The molecule has 1 amide bonds. The molecule has 1 heterocycles. The molecule has 5 nitrogen and oxygen atoms in total. The van der Waals surface area contributed by atoms with Gasteiger partial charge in [0.05, 0.1) is 12.2 Å². The highest BCUT2D eigenvalue weighted by molar-refractivity contribution is 5.78. The standard InChI is InChI=1S/C14H26N4O/c1-6-7-10(2)16-14(19)9-15-8-13-11(3)17-18(5)12(13)4/h10,15H,6-9H2,1-5H3,(H,16,19). The molecule has 0 aliphatic heterocycles. The third kappa shape index (κ3) is 4.67. The molecule has 0 fully saturated rings. The van der Waals surface area contributed by atoms with Gasteiger partial charge in [-0.3, -0.25) is 9.48 Å². The van der Waals surface area contributed by atoms with Gasteiger partial charge in [0, 0.05) is 30.9 Å². The van der Waals surface area contributed by atoms with Crippen molar-refractivity contribution in [3.63, 3.8) is 0 Å². The molecule has 2 N–H and O–H groups in total. The number of amides is 1. The van der Waals surface area contributed by atoms with E-state index in [1.54, 1.807) is 0 Å². The van der Waals surface area contributed by atoms with E-state index < -0.39 is 0 Å². The summed E-state index contributed by atoms with van der Waals surface area (Å²) in [6.45, 7) is 9.22. The van der Waals surface area contributed by atoms with E-state index in [1.807, 2.05) is 32.5 Å². The number of carbonyl (C=O) groups excluding carboxylic acids is 1. The highest BCUT2D eigenvalue weighted by Crippen LogP contribution is 2.10. The van der Waals surface area contributed by atoms with Gasteiger partial charge in [-0.05, 0) is 27.2 Å². The van der Waals surface area contributed by atoms with Gasteiger partial charge >= 0.3 is 0 Å². The second-order valence-electron chi connectivity index (χ2n) is 5.13. The van der Waals surface area contributed by atoms with Crippen LogP contribution in [0.4, 0.5) is 0 Å². The lowest BCUT2D eigenvalue weighted by Crippen LogP contribution is -2.38. The molecule has 0 spiro atoms. The Morgan fingerprint density at radius 1 is 1.42 bits per heavy atom. The van der Waals surface area contributed by atoms with Crippen LogP contribution in [0.15, 0.2) is 0 Å². The zero-order valence-electron chi connectivity index (χ0n) is 12.7. The van der Waals surface area contributed by atoms with Crippen LogP contribution >= 0.6 is 0 Å². The Morgan fingerprint density at radius 3 is 2.63 bits per heavy atom. The second kappa shape index (κ2) is 7.28. The predicted molar refractivity (Wildman–Crippen MR) is 76.9 cm³/mol. The molecule has 0 saturated heterocycles. The van der Waals surface area contributed by atoms with E-state index in [1.165, 1.54) is 5.56 Å². The lowest BCUT2D eigenvalue weighted by atomic mass is 10.2. The van der Waals surface area contributed by atoms with Crippen LogP contribution in [0.25, 0.3) is 0 Å². The molecule has 0 saturated carbocycles. The van der Waals surface area contributed by atoms with Crippen LogP contribution in [0.5, 0.6) is 0 Å². The number of aryl methyl sites for hydroxylation is 2. The van der Waals surface area contributed by atoms with Crippen LogP contribution in [0.2, 0.25) is 0 Å². The van der Waals surface area contributed by atoms with Gasteiger partial charge in [0.15, 0.2) is 0 Å². The number of nitrogens with zero attached hydrogens (tertiary/aromatic N) is 2. The largest absolute Gasteiger partial charge is 0.353 e. The Bertz CT molecular complexity index is 425. The molecular weight excluding hydrogens is 240 g/mol. The van der Waals surface area contributed by atoms with Crippen molar-refractivity contribution in [3.05, 3.63) is 17.0 Å². The highest BCUT2D eigenvalue weighted by Gasteiger charge is 2.10. The quantitative estimate of drug-likeness (QED) is 0.785. The molecule has 1 aromatic heterocycles. The van der Waals surface area contributed by atoms with Gasteiger partial charge in [-0.25, -0.2) is 0 Å². The third-order valence-corrected chi connectivity index (χ3v) is 3.38. The van der Waals surface area contributed by atoms with E-state index in [-0.39, 0.29) is 11.9 Å². The minimum absolute atomic E-state index is 0.0557. The number of nitrogens with one attached hydrogen (secondary N) is 2. The fraction of sp³-hybridized carbons (Fsp3) is 0.714. The molecule has 1 unspecified atom stereocenters. The van der Waals surface area contributed by atoms with Crippen molar-refractivity contribution in [2.24, 2.45) is 7.05 Å². The van der Waals surface area contributed by atoms with Crippen molar-refractivity contribution >= 4 is 5.91 Å². The van der Waals surface area contributed by atoms with Gasteiger partial charge in [-0.1, -0.05) is 13.3 Å². The molecule has 108 valence electrons. The normalized spacial score (nSPS) is 12.5. The van der Waals surface area contributed by atoms with E-state index >= 15 is 0 Å². The Kier molecular flexibility index (Phi) is 6.02. The summed E-state index contributed by atoms with van der Waals surface area (Å²) in [7, 11) is 1.94. The van der Waals surface area contributed by atoms with E-state index in [0.717, 1.165) is 24.2 Å². The first-order chi connectivity index (χ1) is 8.95. The summed E-state index contributed by atoms with van der Waals surface area (Å²) in [4.78, 5) is 11.7. The van der Waals surface area contributed by atoms with Crippen LogP contribution in [-0.2, 0) is 18.4 Å². The maximum atomic E-state index is 11.7. The van der Waals surface area contributed by atoms with Crippen LogP contribution in [-0.4, -0.2) is 28.3 Å². The van der Waals surface area contributed by atoms with E-state index in [2.05, 4.69) is 22.7 Å². The molecule has 1 aromatic rings. The minimum atomic E-state index is 0.0557. The molecule has 0 radical (unpaired) electrons. The van der Waals surface area contributed by atoms with Gasteiger partial charge in [0.2, 0.25) is 5.91 Å². The molecule has 0 aromatic carbocycles. The lowest BCUT2D eigenvalue weighted by Gasteiger charge is -2.13. The number of hydrogen-bond acceptors (Lipinski definition) is 3. The fourth-order valence-corrected chi connectivity index (χ4v) is 2.21. The van der Waals surface area contributed by atoms with Crippen molar-refractivity contribution in [2.75, 3.05) is 6.54 Å². The number of rotatable bonds is 7. The first-order valence-electron chi connectivity index (χ1n) is 6.94. The van der Waals surface area contributed by atoms with Crippen LogP contribution in [0.1, 0.15) is 43.6 Å². The van der Waals surface area contributed by atoms with Crippen LogP contribution in [0.3, 0.4) is 0 Å². The molecule has 19 heavy (non-hydrogen) atoms. The summed E-state index contributed by atoms with van der Waals surface area (Å²) < 4.78 is 1.87. The van der Waals surface area contributed by atoms with Gasteiger partial charge < -0.3 is 10.6 Å². The van der Waals surface area contributed by atoms with E-state index in [4.69, 9.17) is 0 Å². The van der Waals surface area contributed by atoms with Gasteiger partial charge in [0.25, 0.3) is 0 Å². The SMILES string of the molecule is CCCC(C)NC(=O)CNCc1c(C)nn(C)c1C. The van der Waals surface area contributed by atoms with Gasteiger partial charge in [-0.15, -0.1) is 0 Å². The fourth-order valence-electron chi connectivity index (χ4n) is 2.21. The van der Waals surface area contributed by atoms with E-state index in [0.29, 0.717) is 13.1 Å². The predicted octanol–water partition coefficient (Wildman–Crippen LogP) is 1.43. The first-order valence-corrected chi connectivity index (χ1v) is 6.94. The summed E-state index contributed by atoms with van der Waals surface area (Å²) in [5.41, 5.74) is 3.34.